The Balaban J connectivity index is 1.97. The highest BCUT2D eigenvalue weighted by Crippen LogP contribution is 2.16. The number of carbonyl (C=O) groups excluding carboxylic acids is 2. The molecule has 31 heavy (non-hydrogen) atoms. The summed E-state index contributed by atoms with van der Waals surface area (Å²) in [5.41, 5.74) is 2.11. The number of carbonyl (C=O) groups is 2. The Morgan fingerprint density at radius 3 is 2.32 bits per heavy atom. The molecule has 1 N–H and O–H groups in total. The van der Waals surface area contributed by atoms with E-state index in [1.165, 1.54) is 29.9 Å². The third kappa shape index (κ3) is 4.88. The lowest BCUT2D eigenvalue weighted by molar-refractivity contribution is -0.143. The number of methoxy groups -OCH3 is 1. The summed E-state index contributed by atoms with van der Waals surface area (Å²) in [5, 5.41) is 2.61. The minimum Gasteiger partial charge on any atom is -0.467 e. The number of aryl methyl sites for hydroxylation is 1. The second kappa shape index (κ2) is 9.38. The molecular weight excluding hydrogens is 399 g/mol. The van der Waals surface area contributed by atoms with Crippen LogP contribution in [0.25, 0.3) is 0 Å². The summed E-state index contributed by atoms with van der Waals surface area (Å²) in [6.45, 7) is 3.76. The van der Waals surface area contributed by atoms with Gasteiger partial charge in [0.2, 0.25) is 0 Å². The lowest BCUT2D eigenvalue weighted by Gasteiger charge is -2.18. The van der Waals surface area contributed by atoms with Gasteiger partial charge in [0.05, 0.1) is 13.7 Å². The average Bonchev–Trinajstić information content (AvgIpc) is 2.78. The van der Waals surface area contributed by atoms with Crippen LogP contribution in [0.5, 0.6) is 0 Å². The maximum absolute atomic E-state index is 13.2. The van der Waals surface area contributed by atoms with Gasteiger partial charge in [-0.2, -0.15) is 0 Å². The summed E-state index contributed by atoms with van der Waals surface area (Å²) in [6.07, 6.45) is 0. The standard InChI is InChI=1S/C24H23FN2O4/c1-15-13-20(22(28)26-21(24(30)31-3)18-7-5-4-6-8-18)23(29)27(16(15)2)14-17-9-11-19(25)12-10-17/h4-13,21H,14H2,1-3H3,(H,26,28). The molecule has 1 aromatic heterocycles. The summed E-state index contributed by atoms with van der Waals surface area (Å²) in [6, 6.07) is 14.9. The molecule has 3 rings (SSSR count). The number of nitrogens with zero attached hydrogens (tertiary/aromatic N) is 1. The highest BCUT2D eigenvalue weighted by atomic mass is 19.1. The van der Waals surface area contributed by atoms with Crippen molar-refractivity contribution in [2.45, 2.75) is 26.4 Å². The molecule has 160 valence electrons. The van der Waals surface area contributed by atoms with Crippen molar-refractivity contribution in [1.29, 1.82) is 0 Å². The van der Waals surface area contributed by atoms with Crippen LogP contribution in [-0.2, 0) is 16.1 Å². The number of hydrogen-bond acceptors (Lipinski definition) is 4. The zero-order chi connectivity index (χ0) is 22.5. The van der Waals surface area contributed by atoms with E-state index in [9.17, 15) is 18.8 Å². The molecule has 1 unspecified atom stereocenters. The number of nitrogens with one attached hydrogen (secondary N) is 1. The van der Waals surface area contributed by atoms with Gasteiger partial charge < -0.3 is 14.6 Å². The van der Waals surface area contributed by atoms with Crippen molar-refractivity contribution in [2.24, 2.45) is 0 Å². The van der Waals surface area contributed by atoms with Crippen molar-refractivity contribution in [3.05, 3.63) is 105 Å². The normalized spacial score (nSPS) is 11.6. The highest BCUT2D eigenvalue weighted by Gasteiger charge is 2.26. The Morgan fingerprint density at radius 1 is 1.06 bits per heavy atom. The Labute approximate surface area is 179 Å². The van der Waals surface area contributed by atoms with Crippen molar-refractivity contribution in [3.8, 4) is 0 Å². The quantitative estimate of drug-likeness (QED) is 0.619. The van der Waals surface area contributed by atoms with Gasteiger partial charge in [0, 0.05) is 5.69 Å². The number of amides is 1. The topological polar surface area (TPSA) is 77.4 Å². The van der Waals surface area contributed by atoms with Crippen LogP contribution in [0.4, 0.5) is 4.39 Å². The van der Waals surface area contributed by atoms with Crippen molar-refractivity contribution in [2.75, 3.05) is 7.11 Å². The Hall–Kier alpha value is -3.74. The number of rotatable bonds is 6. The number of aromatic nitrogens is 1. The molecule has 0 spiro atoms. The molecule has 0 radical (unpaired) electrons. The summed E-state index contributed by atoms with van der Waals surface area (Å²) >= 11 is 0. The Kier molecular flexibility index (Phi) is 6.65. The molecule has 2 aromatic carbocycles. The maximum atomic E-state index is 13.2. The Bertz CT molecular complexity index is 1150. The maximum Gasteiger partial charge on any atom is 0.333 e. The van der Waals surface area contributed by atoms with Gasteiger partial charge in [-0.1, -0.05) is 42.5 Å². The van der Waals surface area contributed by atoms with Crippen LogP contribution in [0.2, 0.25) is 0 Å². The molecule has 0 aliphatic rings. The molecule has 6 nitrogen and oxygen atoms in total. The van der Waals surface area contributed by atoms with Crippen LogP contribution in [-0.4, -0.2) is 23.6 Å². The third-order valence-electron chi connectivity index (χ3n) is 5.16. The van der Waals surface area contributed by atoms with Crippen LogP contribution in [0, 0.1) is 19.7 Å². The van der Waals surface area contributed by atoms with Crippen molar-refractivity contribution < 1.29 is 18.7 Å². The summed E-state index contributed by atoms with van der Waals surface area (Å²) < 4.78 is 19.5. The fourth-order valence-electron chi connectivity index (χ4n) is 3.27. The van der Waals surface area contributed by atoms with Crippen LogP contribution in [0.3, 0.4) is 0 Å². The number of benzene rings is 2. The van der Waals surface area contributed by atoms with Gasteiger partial charge >= 0.3 is 5.97 Å². The first-order chi connectivity index (χ1) is 14.8. The number of pyridine rings is 1. The first-order valence-electron chi connectivity index (χ1n) is 9.71. The van der Waals surface area contributed by atoms with Gasteiger partial charge in [-0.3, -0.25) is 9.59 Å². The second-order valence-corrected chi connectivity index (χ2v) is 7.18. The van der Waals surface area contributed by atoms with E-state index in [1.54, 1.807) is 56.3 Å². The molecule has 7 heteroatoms. The van der Waals surface area contributed by atoms with E-state index >= 15 is 0 Å². The molecule has 0 aliphatic carbocycles. The van der Waals surface area contributed by atoms with E-state index in [0.717, 1.165) is 11.1 Å². The van der Waals surface area contributed by atoms with Gasteiger partial charge in [-0.25, -0.2) is 9.18 Å². The summed E-state index contributed by atoms with van der Waals surface area (Å²) in [4.78, 5) is 38.4. The molecular formula is C24H23FN2O4. The van der Waals surface area contributed by atoms with Gasteiger partial charge in [0.25, 0.3) is 11.5 Å². The van der Waals surface area contributed by atoms with Crippen LogP contribution >= 0.6 is 0 Å². The number of hydrogen-bond donors (Lipinski definition) is 1. The molecule has 0 saturated heterocycles. The largest absolute Gasteiger partial charge is 0.467 e. The van der Waals surface area contributed by atoms with Crippen molar-refractivity contribution >= 4 is 11.9 Å². The van der Waals surface area contributed by atoms with Crippen LogP contribution in [0.1, 0.15) is 38.8 Å². The molecule has 0 saturated carbocycles. The second-order valence-electron chi connectivity index (χ2n) is 7.18. The van der Waals surface area contributed by atoms with E-state index in [0.29, 0.717) is 11.3 Å². The lowest BCUT2D eigenvalue weighted by atomic mass is 10.1. The van der Waals surface area contributed by atoms with E-state index in [-0.39, 0.29) is 17.9 Å². The minimum atomic E-state index is -1.05. The first-order valence-corrected chi connectivity index (χ1v) is 9.71. The molecule has 0 fully saturated rings. The lowest BCUT2D eigenvalue weighted by Crippen LogP contribution is -2.39. The molecule has 1 amide bonds. The van der Waals surface area contributed by atoms with Gasteiger partial charge in [-0.15, -0.1) is 0 Å². The predicted molar refractivity (Wildman–Crippen MR) is 114 cm³/mol. The molecule has 0 bridgehead atoms. The first kappa shape index (κ1) is 22.0. The zero-order valence-electron chi connectivity index (χ0n) is 17.5. The molecule has 0 aliphatic heterocycles. The average molecular weight is 422 g/mol. The smallest absolute Gasteiger partial charge is 0.333 e. The van der Waals surface area contributed by atoms with Crippen molar-refractivity contribution in [1.82, 2.24) is 9.88 Å². The molecule has 3 aromatic rings. The number of halogens is 1. The van der Waals surface area contributed by atoms with E-state index < -0.39 is 23.5 Å². The Morgan fingerprint density at radius 2 is 1.71 bits per heavy atom. The van der Waals surface area contributed by atoms with E-state index in [1.807, 2.05) is 0 Å². The van der Waals surface area contributed by atoms with Crippen LogP contribution < -0.4 is 10.9 Å². The predicted octanol–water partition coefficient (Wildman–Crippen LogP) is 3.30. The zero-order valence-corrected chi connectivity index (χ0v) is 17.5. The highest BCUT2D eigenvalue weighted by molar-refractivity contribution is 5.97. The minimum absolute atomic E-state index is 0.0879. The fourth-order valence-corrected chi connectivity index (χ4v) is 3.27. The third-order valence-corrected chi connectivity index (χ3v) is 5.16. The van der Waals surface area contributed by atoms with Crippen molar-refractivity contribution in [3.63, 3.8) is 0 Å². The van der Waals surface area contributed by atoms with E-state index in [4.69, 9.17) is 4.74 Å². The molecule has 1 heterocycles. The summed E-state index contributed by atoms with van der Waals surface area (Å²) in [5.74, 6) is -1.69. The van der Waals surface area contributed by atoms with Crippen LogP contribution in [0.15, 0.2) is 65.5 Å². The molecule has 1 atom stereocenters. The van der Waals surface area contributed by atoms with Gasteiger partial charge in [0.15, 0.2) is 6.04 Å². The van der Waals surface area contributed by atoms with E-state index in [2.05, 4.69) is 5.32 Å². The monoisotopic (exact) mass is 422 g/mol. The van der Waals surface area contributed by atoms with Gasteiger partial charge in [-0.05, 0) is 48.7 Å². The number of esters is 1. The fraction of sp³-hybridized carbons (Fsp3) is 0.208. The SMILES string of the molecule is COC(=O)C(NC(=O)c1cc(C)c(C)n(Cc2ccc(F)cc2)c1=O)c1ccccc1. The van der Waals surface area contributed by atoms with Gasteiger partial charge in [0.1, 0.15) is 11.4 Å². The summed E-state index contributed by atoms with van der Waals surface area (Å²) in [7, 11) is 1.23. The number of ether oxygens (including phenoxy) is 1.